The maximum atomic E-state index is 11.4. The summed E-state index contributed by atoms with van der Waals surface area (Å²) in [7, 11) is -3.36. The number of fused-ring (bicyclic) bond motifs is 1. The molecule has 0 radical (unpaired) electrons. The van der Waals surface area contributed by atoms with Crippen LogP contribution in [0.25, 0.3) is 10.9 Å². The maximum absolute atomic E-state index is 11.4. The second kappa shape index (κ2) is 10.8. The lowest BCUT2D eigenvalue weighted by atomic mass is 9.93. The van der Waals surface area contributed by atoms with Crippen LogP contribution in [0.2, 0.25) is 0 Å². The molecule has 0 amide bonds. The Hall–Kier alpha value is -2.59. The molecule has 9 heteroatoms. The first kappa shape index (κ1) is 24.5. The van der Waals surface area contributed by atoms with E-state index in [0.29, 0.717) is 36.9 Å². The van der Waals surface area contributed by atoms with Crippen molar-refractivity contribution < 1.29 is 18.3 Å². The molecule has 1 aliphatic heterocycles. The Bertz CT molecular complexity index is 1220. The van der Waals surface area contributed by atoms with E-state index in [4.69, 9.17) is 4.74 Å². The third-order valence-electron chi connectivity index (χ3n) is 6.23. The number of hydrogen-bond acceptors (Lipinski definition) is 6. The molecule has 1 aliphatic rings. The Morgan fingerprint density at radius 2 is 2.09 bits per heavy atom. The highest BCUT2D eigenvalue weighted by Crippen LogP contribution is 2.32. The minimum atomic E-state index is -3.36. The van der Waals surface area contributed by atoms with Gasteiger partial charge in [-0.2, -0.15) is 0 Å². The number of aliphatic hydroxyl groups excluding tert-OH is 1. The molecule has 3 aromatic rings. The number of hydrogen-bond donors (Lipinski definition) is 5. The molecular weight excluding hydrogens is 452 g/mol. The summed E-state index contributed by atoms with van der Waals surface area (Å²) in [6.07, 6.45) is 2.75. The van der Waals surface area contributed by atoms with Crippen molar-refractivity contribution in [2.45, 2.75) is 31.8 Å². The molecule has 184 valence electrons. The van der Waals surface area contributed by atoms with E-state index in [0.717, 1.165) is 30.6 Å². The van der Waals surface area contributed by atoms with Crippen LogP contribution >= 0.6 is 0 Å². The van der Waals surface area contributed by atoms with Gasteiger partial charge >= 0.3 is 0 Å². The number of H-pyrrole nitrogens is 1. The number of sulfonamides is 1. The van der Waals surface area contributed by atoms with Gasteiger partial charge in [0.05, 0.1) is 12.4 Å². The lowest BCUT2D eigenvalue weighted by Crippen LogP contribution is -2.28. The standard InChI is InChI=1S/C25H34N4O4S/c1-17-22-9-8-21(14-23(22)28-25(17)19-6-4-10-26-15-19)33-12-11-27-16-24(30)18-5-3-7-20(13-18)29-34(2,31)32/h3,5,7-9,13-14,19,24,26-30H,4,6,10-12,15-16H2,1-2H3/t19?,24-/m0/s1. The molecule has 1 aromatic heterocycles. The molecule has 8 nitrogen and oxygen atoms in total. The van der Waals surface area contributed by atoms with Gasteiger partial charge in [-0.1, -0.05) is 12.1 Å². The summed E-state index contributed by atoms with van der Waals surface area (Å²) in [5.74, 6) is 1.34. The SMILES string of the molecule is Cc1c(C2CCCNC2)[nH]c2cc(OCCNC[C@H](O)c3cccc(NS(C)(=O)=O)c3)ccc12. The van der Waals surface area contributed by atoms with Gasteiger partial charge in [0.2, 0.25) is 10.0 Å². The first-order valence-electron chi connectivity index (χ1n) is 11.7. The first-order chi connectivity index (χ1) is 16.3. The summed E-state index contributed by atoms with van der Waals surface area (Å²) in [5, 5.41) is 18.3. The molecule has 5 N–H and O–H groups in total. The summed E-state index contributed by atoms with van der Waals surface area (Å²) in [5.41, 5.74) is 4.81. The van der Waals surface area contributed by atoms with E-state index in [1.807, 2.05) is 6.07 Å². The van der Waals surface area contributed by atoms with Crippen molar-refractivity contribution >= 4 is 26.6 Å². The molecule has 2 atom stereocenters. The van der Waals surface area contributed by atoms with E-state index < -0.39 is 16.1 Å². The fraction of sp³-hybridized carbons (Fsp3) is 0.440. The fourth-order valence-electron chi connectivity index (χ4n) is 4.56. The number of aliphatic hydroxyl groups is 1. The number of benzene rings is 2. The van der Waals surface area contributed by atoms with Crippen molar-refractivity contribution in [3.63, 3.8) is 0 Å². The summed E-state index contributed by atoms with van der Waals surface area (Å²) < 4.78 is 31.1. The molecule has 1 unspecified atom stereocenters. The monoisotopic (exact) mass is 486 g/mol. The van der Waals surface area contributed by atoms with E-state index in [-0.39, 0.29) is 0 Å². The zero-order valence-electron chi connectivity index (χ0n) is 19.7. The highest BCUT2D eigenvalue weighted by atomic mass is 32.2. The van der Waals surface area contributed by atoms with Crippen LogP contribution in [0.1, 0.15) is 41.7 Å². The van der Waals surface area contributed by atoms with Crippen molar-refractivity contribution in [3.8, 4) is 5.75 Å². The molecule has 0 saturated carbocycles. The number of aromatic amines is 1. The van der Waals surface area contributed by atoms with E-state index >= 15 is 0 Å². The van der Waals surface area contributed by atoms with E-state index in [1.54, 1.807) is 24.3 Å². The van der Waals surface area contributed by atoms with E-state index in [9.17, 15) is 13.5 Å². The zero-order chi connectivity index (χ0) is 24.1. The number of piperidine rings is 1. The van der Waals surface area contributed by atoms with Crippen LogP contribution in [-0.4, -0.2) is 57.5 Å². The maximum Gasteiger partial charge on any atom is 0.229 e. The predicted octanol–water partition coefficient (Wildman–Crippen LogP) is 3.02. The second-order valence-electron chi connectivity index (χ2n) is 8.98. The number of anilines is 1. The Kier molecular flexibility index (Phi) is 7.77. The molecular formula is C25H34N4O4S. The average molecular weight is 487 g/mol. The number of rotatable bonds is 10. The minimum absolute atomic E-state index is 0.333. The zero-order valence-corrected chi connectivity index (χ0v) is 20.5. The second-order valence-corrected chi connectivity index (χ2v) is 10.7. The Balaban J connectivity index is 1.27. The predicted molar refractivity (Wildman–Crippen MR) is 136 cm³/mol. The van der Waals surface area contributed by atoms with Crippen LogP contribution in [0.4, 0.5) is 5.69 Å². The topological polar surface area (TPSA) is 115 Å². The van der Waals surface area contributed by atoms with Crippen molar-refractivity contribution in [1.82, 2.24) is 15.6 Å². The van der Waals surface area contributed by atoms with Crippen molar-refractivity contribution in [2.24, 2.45) is 0 Å². The van der Waals surface area contributed by atoms with Gasteiger partial charge in [0.25, 0.3) is 0 Å². The largest absolute Gasteiger partial charge is 0.492 e. The normalized spacial score (nSPS) is 17.6. The van der Waals surface area contributed by atoms with Crippen molar-refractivity contribution in [3.05, 3.63) is 59.3 Å². The Morgan fingerprint density at radius 1 is 1.24 bits per heavy atom. The van der Waals surface area contributed by atoms with Crippen LogP contribution in [0.3, 0.4) is 0 Å². The van der Waals surface area contributed by atoms with Crippen LogP contribution in [0.5, 0.6) is 5.75 Å². The lowest BCUT2D eigenvalue weighted by Gasteiger charge is -2.22. The van der Waals surface area contributed by atoms with Crippen LogP contribution in [-0.2, 0) is 10.0 Å². The van der Waals surface area contributed by atoms with Crippen LogP contribution in [0, 0.1) is 6.92 Å². The van der Waals surface area contributed by atoms with Crippen molar-refractivity contribution in [1.29, 1.82) is 0 Å². The number of aryl methyl sites for hydroxylation is 1. The Morgan fingerprint density at radius 3 is 2.85 bits per heavy atom. The van der Waals surface area contributed by atoms with Gasteiger partial charge in [-0.15, -0.1) is 0 Å². The highest BCUT2D eigenvalue weighted by Gasteiger charge is 2.20. The van der Waals surface area contributed by atoms with Gasteiger partial charge in [-0.05, 0) is 61.7 Å². The van der Waals surface area contributed by atoms with Gasteiger partial charge in [-0.3, -0.25) is 4.72 Å². The van der Waals surface area contributed by atoms with E-state index in [2.05, 4.69) is 39.4 Å². The van der Waals surface area contributed by atoms with Gasteiger partial charge in [-0.25, -0.2) is 8.42 Å². The number of aromatic nitrogens is 1. The third-order valence-corrected chi connectivity index (χ3v) is 6.84. The van der Waals surface area contributed by atoms with Gasteiger partial charge in [0.15, 0.2) is 0 Å². The molecule has 2 aromatic carbocycles. The molecule has 34 heavy (non-hydrogen) atoms. The molecule has 0 bridgehead atoms. The molecule has 1 fully saturated rings. The fourth-order valence-corrected chi connectivity index (χ4v) is 5.11. The molecule has 4 rings (SSSR count). The summed E-state index contributed by atoms with van der Waals surface area (Å²) >= 11 is 0. The first-order valence-corrected chi connectivity index (χ1v) is 13.6. The molecule has 1 saturated heterocycles. The number of nitrogens with one attached hydrogen (secondary N) is 4. The average Bonchev–Trinajstić information content (AvgIpc) is 3.14. The summed E-state index contributed by atoms with van der Waals surface area (Å²) in [6.45, 7) is 5.68. The van der Waals surface area contributed by atoms with Crippen molar-refractivity contribution in [2.75, 3.05) is 43.8 Å². The molecule has 2 heterocycles. The minimum Gasteiger partial charge on any atom is -0.492 e. The highest BCUT2D eigenvalue weighted by molar-refractivity contribution is 7.92. The van der Waals surface area contributed by atoms with Gasteiger partial charge in [0.1, 0.15) is 12.4 Å². The smallest absolute Gasteiger partial charge is 0.229 e. The Labute approximate surface area is 201 Å². The number of ether oxygens (including phenoxy) is 1. The molecule has 0 spiro atoms. The summed E-state index contributed by atoms with van der Waals surface area (Å²) in [4.78, 5) is 3.62. The third kappa shape index (κ3) is 6.29. The molecule has 0 aliphatic carbocycles. The quantitative estimate of drug-likeness (QED) is 0.282. The van der Waals surface area contributed by atoms with Crippen LogP contribution < -0.4 is 20.1 Å². The lowest BCUT2D eigenvalue weighted by molar-refractivity contribution is 0.172. The van der Waals surface area contributed by atoms with Gasteiger partial charge < -0.3 is 25.5 Å². The van der Waals surface area contributed by atoms with Gasteiger partial charge in [0, 0.05) is 53.9 Å². The van der Waals surface area contributed by atoms with E-state index in [1.165, 1.54) is 29.5 Å². The summed E-state index contributed by atoms with van der Waals surface area (Å²) in [6, 6.07) is 12.9. The van der Waals surface area contributed by atoms with Crippen LogP contribution in [0.15, 0.2) is 42.5 Å².